The zero-order valence-electron chi connectivity index (χ0n) is 9.76. The number of hydrogen-bond donors (Lipinski definition) is 2. The number of carbonyl (C=O) groups is 1. The quantitative estimate of drug-likeness (QED) is 0.862. The third kappa shape index (κ3) is 2.74. The molecule has 2 aromatic rings. The number of pyridine rings is 1. The van der Waals surface area contributed by atoms with Crippen molar-refractivity contribution in [1.29, 1.82) is 0 Å². The number of carbonyl (C=O) groups excluding carboxylic acids is 1. The number of nitrogens with zero attached hydrogens (tertiary/aromatic N) is 1. The van der Waals surface area contributed by atoms with Gasteiger partial charge >= 0.3 is 0 Å². The van der Waals surface area contributed by atoms with Crippen LogP contribution in [-0.2, 0) is 0 Å². The van der Waals surface area contributed by atoms with Gasteiger partial charge in [0, 0.05) is 6.20 Å². The van der Waals surface area contributed by atoms with Crippen molar-refractivity contribution in [2.75, 3.05) is 10.6 Å². The van der Waals surface area contributed by atoms with Crippen molar-refractivity contribution in [1.82, 2.24) is 4.98 Å². The molecule has 0 aliphatic rings. The van der Waals surface area contributed by atoms with Crippen molar-refractivity contribution < 1.29 is 4.79 Å². The Morgan fingerprint density at radius 1 is 1.17 bits per heavy atom. The Balaban J connectivity index is 2.21. The third-order valence-corrected chi connectivity index (χ3v) is 2.34. The highest BCUT2D eigenvalue weighted by atomic mass is 16.1. The molecule has 0 spiro atoms. The summed E-state index contributed by atoms with van der Waals surface area (Å²) in [5.74, 6) is 0.314. The summed E-state index contributed by atoms with van der Waals surface area (Å²) in [6.07, 6.45) is 3.16. The predicted molar refractivity (Wildman–Crippen MR) is 72.5 cm³/mol. The van der Waals surface area contributed by atoms with Crippen molar-refractivity contribution in [2.45, 2.75) is 0 Å². The van der Waals surface area contributed by atoms with Gasteiger partial charge in [-0.2, -0.15) is 0 Å². The number of para-hydroxylation sites is 1. The van der Waals surface area contributed by atoms with E-state index in [0.29, 0.717) is 17.1 Å². The lowest BCUT2D eigenvalue weighted by Crippen LogP contribution is -2.14. The van der Waals surface area contributed by atoms with Crippen LogP contribution in [0.2, 0.25) is 0 Å². The van der Waals surface area contributed by atoms with Crippen molar-refractivity contribution in [3.05, 3.63) is 67.0 Å². The fourth-order valence-corrected chi connectivity index (χ4v) is 1.54. The summed E-state index contributed by atoms with van der Waals surface area (Å²) >= 11 is 0. The second-order valence-electron chi connectivity index (χ2n) is 3.56. The van der Waals surface area contributed by atoms with Gasteiger partial charge in [0.15, 0.2) is 0 Å². The topological polar surface area (TPSA) is 54.0 Å². The van der Waals surface area contributed by atoms with Crippen LogP contribution in [0.3, 0.4) is 0 Å². The summed E-state index contributed by atoms with van der Waals surface area (Å²) in [4.78, 5) is 16.1. The largest absolute Gasteiger partial charge is 0.362 e. The molecule has 1 aromatic carbocycles. The van der Waals surface area contributed by atoms with E-state index in [2.05, 4.69) is 22.2 Å². The van der Waals surface area contributed by atoms with Crippen LogP contribution in [0.25, 0.3) is 0 Å². The van der Waals surface area contributed by atoms with Gasteiger partial charge in [-0.25, -0.2) is 4.98 Å². The molecule has 18 heavy (non-hydrogen) atoms. The first-order chi connectivity index (χ1) is 8.81. The van der Waals surface area contributed by atoms with Gasteiger partial charge in [0.25, 0.3) is 5.91 Å². The molecule has 0 atom stereocenters. The second-order valence-corrected chi connectivity index (χ2v) is 3.56. The van der Waals surface area contributed by atoms with Crippen molar-refractivity contribution in [3.63, 3.8) is 0 Å². The Kier molecular flexibility index (Phi) is 3.71. The molecule has 2 N–H and O–H groups in total. The maximum atomic E-state index is 12.1. The van der Waals surface area contributed by atoms with E-state index in [4.69, 9.17) is 0 Å². The molecule has 0 fully saturated rings. The van der Waals surface area contributed by atoms with Gasteiger partial charge < -0.3 is 10.6 Å². The summed E-state index contributed by atoms with van der Waals surface area (Å²) < 4.78 is 0. The average molecular weight is 239 g/mol. The molecule has 2 rings (SSSR count). The summed E-state index contributed by atoms with van der Waals surface area (Å²) in [6, 6.07) is 12.6. The fourth-order valence-electron chi connectivity index (χ4n) is 1.54. The van der Waals surface area contributed by atoms with Gasteiger partial charge in [-0.3, -0.25) is 4.79 Å². The summed E-state index contributed by atoms with van der Waals surface area (Å²) in [6.45, 7) is 3.59. The molecule has 0 unspecified atom stereocenters. The van der Waals surface area contributed by atoms with E-state index in [9.17, 15) is 4.79 Å². The molecular weight excluding hydrogens is 226 g/mol. The number of hydrogen-bond acceptors (Lipinski definition) is 3. The van der Waals surface area contributed by atoms with Crippen molar-refractivity contribution in [2.24, 2.45) is 0 Å². The molecule has 1 amide bonds. The molecule has 4 nitrogen and oxygen atoms in total. The van der Waals surface area contributed by atoms with Gasteiger partial charge in [-0.1, -0.05) is 24.8 Å². The van der Waals surface area contributed by atoms with Crippen molar-refractivity contribution in [3.8, 4) is 0 Å². The molecule has 0 bridgehead atoms. The van der Waals surface area contributed by atoms with E-state index < -0.39 is 0 Å². The number of anilines is 2. The summed E-state index contributed by atoms with van der Waals surface area (Å²) in [5.41, 5.74) is 1.25. The Morgan fingerprint density at radius 3 is 2.67 bits per heavy atom. The van der Waals surface area contributed by atoms with E-state index in [-0.39, 0.29) is 5.91 Å². The third-order valence-electron chi connectivity index (χ3n) is 2.34. The molecular formula is C14H13N3O. The molecule has 0 radical (unpaired) electrons. The molecule has 0 aliphatic carbocycles. The van der Waals surface area contributed by atoms with Gasteiger partial charge in [-0.15, -0.1) is 0 Å². The minimum Gasteiger partial charge on any atom is -0.362 e. The van der Waals surface area contributed by atoms with E-state index in [1.165, 1.54) is 6.20 Å². The van der Waals surface area contributed by atoms with Crippen LogP contribution in [-0.4, -0.2) is 10.9 Å². The van der Waals surface area contributed by atoms with Crippen LogP contribution in [0.1, 0.15) is 10.4 Å². The molecule has 0 aliphatic heterocycles. The lowest BCUT2D eigenvalue weighted by Gasteiger charge is -2.09. The Bertz CT molecular complexity index is 552. The number of nitrogens with one attached hydrogen (secondary N) is 2. The maximum Gasteiger partial charge on any atom is 0.258 e. The lowest BCUT2D eigenvalue weighted by atomic mass is 10.1. The minimum absolute atomic E-state index is 0.210. The Morgan fingerprint density at radius 2 is 1.94 bits per heavy atom. The van der Waals surface area contributed by atoms with Crippen LogP contribution in [0.4, 0.5) is 11.5 Å². The zero-order chi connectivity index (χ0) is 12.8. The van der Waals surface area contributed by atoms with Crippen LogP contribution in [0, 0.1) is 0 Å². The Labute approximate surface area is 105 Å². The number of aromatic nitrogens is 1. The monoisotopic (exact) mass is 239 g/mol. The van der Waals surface area contributed by atoms with Gasteiger partial charge in [0.05, 0.1) is 11.3 Å². The standard InChI is InChI=1S/C14H13N3O/c1-2-15-12-8-4-3-7-11(12)14(18)17-13-9-5-6-10-16-13/h2-10,15H,1H2,(H,16,17,18). The molecule has 1 heterocycles. The molecule has 1 aromatic heterocycles. The van der Waals surface area contributed by atoms with Crippen molar-refractivity contribution >= 4 is 17.4 Å². The SMILES string of the molecule is C=CNc1ccccc1C(=O)Nc1ccccn1. The zero-order valence-corrected chi connectivity index (χ0v) is 9.76. The van der Waals surface area contributed by atoms with E-state index in [1.54, 1.807) is 24.4 Å². The molecule has 4 heteroatoms. The summed E-state index contributed by atoms with van der Waals surface area (Å²) in [5, 5.41) is 5.66. The highest BCUT2D eigenvalue weighted by Crippen LogP contribution is 2.16. The minimum atomic E-state index is -0.210. The van der Waals surface area contributed by atoms with Gasteiger partial charge in [-0.05, 0) is 30.5 Å². The first kappa shape index (κ1) is 11.9. The Hall–Kier alpha value is -2.62. The lowest BCUT2D eigenvalue weighted by molar-refractivity contribution is 0.102. The van der Waals surface area contributed by atoms with Crippen LogP contribution < -0.4 is 10.6 Å². The molecule has 0 saturated heterocycles. The van der Waals surface area contributed by atoms with Gasteiger partial charge in [0.1, 0.15) is 5.82 Å². The highest BCUT2D eigenvalue weighted by Gasteiger charge is 2.10. The van der Waals surface area contributed by atoms with Crippen LogP contribution in [0.15, 0.2) is 61.4 Å². The summed E-state index contributed by atoms with van der Waals surface area (Å²) in [7, 11) is 0. The highest BCUT2D eigenvalue weighted by molar-refractivity contribution is 6.07. The molecule has 90 valence electrons. The maximum absolute atomic E-state index is 12.1. The van der Waals surface area contributed by atoms with Crippen LogP contribution >= 0.6 is 0 Å². The number of benzene rings is 1. The van der Waals surface area contributed by atoms with Crippen LogP contribution in [0.5, 0.6) is 0 Å². The number of amides is 1. The fraction of sp³-hybridized carbons (Fsp3) is 0. The predicted octanol–water partition coefficient (Wildman–Crippen LogP) is 2.89. The van der Waals surface area contributed by atoms with E-state index in [1.807, 2.05) is 24.3 Å². The van der Waals surface area contributed by atoms with Gasteiger partial charge in [0.2, 0.25) is 0 Å². The number of rotatable bonds is 4. The van der Waals surface area contributed by atoms with E-state index in [0.717, 1.165) is 0 Å². The smallest absolute Gasteiger partial charge is 0.258 e. The first-order valence-corrected chi connectivity index (χ1v) is 5.50. The second kappa shape index (κ2) is 5.63. The first-order valence-electron chi connectivity index (χ1n) is 5.50. The average Bonchev–Trinajstić information content (AvgIpc) is 2.41. The van der Waals surface area contributed by atoms with E-state index >= 15 is 0 Å². The molecule has 0 saturated carbocycles. The normalized spacial score (nSPS) is 9.56.